The lowest BCUT2D eigenvalue weighted by Gasteiger charge is -2.60. The van der Waals surface area contributed by atoms with E-state index in [1.54, 1.807) is 13.8 Å². The van der Waals surface area contributed by atoms with Crippen molar-refractivity contribution in [3.63, 3.8) is 0 Å². The van der Waals surface area contributed by atoms with E-state index < -0.39 is 48.1 Å². The molecule has 172 valence electrons. The topological polar surface area (TPSA) is 72.5 Å². The number of hydrogen-bond acceptors (Lipinski definition) is 7. The molecule has 5 fully saturated rings. The van der Waals surface area contributed by atoms with Crippen LogP contribution in [0.4, 0.5) is 13.2 Å². The Morgan fingerprint density at radius 2 is 1.90 bits per heavy atom. The lowest BCUT2D eigenvalue weighted by molar-refractivity contribution is -0.578. The molecule has 1 spiro atoms. The van der Waals surface area contributed by atoms with Gasteiger partial charge in [-0.1, -0.05) is 13.8 Å². The van der Waals surface area contributed by atoms with Crippen LogP contribution in [0.3, 0.4) is 0 Å². The maximum atomic E-state index is 13.5. The largest absolute Gasteiger partial charge is 0.464 e. The van der Waals surface area contributed by atoms with E-state index in [1.807, 2.05) is 0 Å². The Kier molecular flexibility index (Phi) is 5.63. The number of carbonyl (C=O) groups excluding carboxylic acids is 1. The molecule has 4 heterocycles. The van der Waals surface area contributed by atoms with Gasteiger partial charge >= 0.3 is 12.1 Å². The Hall–Kier alpha value is -0.940. The minimum Gasteiger partial charge on any atom is -0.464 e. The van der Waals surface area contributed by atoms with Gasteiger partial charge in [0.25, 0.3) is 6.10 Å². The number of rotatable bonds is 4. The Balaban J connectivity index is 1.64. The Bertz CT molecular complexity index is 673. The smallest absolute Gasteiger partial charge is 0.425 e. The zero-order valence-corrected chi connectivity index (χ0v) is 17.6. The third-order valence-electron chi connectivity index (χ3n) is 7.17. The summed E-state index contributed by atoms with van der Waals surface area (Å²) < 4.78 is 62.4. The van der Waals surface area contributed by atoms with Crippen molar-refractivity contribution in [2.45, 2.75) is 89.6 Å². The summed E-state index contributed by atoms with van der Waals surface area (Å²) in [5, 5.41) is 0. The van der Waals surface area contributed by atoms with Gasteiger partial charge in [-0.2, -0.15) is 13.2 Å². The van der Waals surface area contributed by atoms with E-state index in [1.165, 1.54) is 6.92 Å². The molecule has 1 aliphatic carbocycles. The molecule has 0 radical (unpaired) electrons. The van der Waals surface area contributed by atoms with Crippen LogP contribution in [-0.2, 0) is 33.5 Å². The molecule has 1 saturated carbocycles. The molecule has 4 saturated heterocycles. The van der Waals surface area contributed by atoms with Crippen LogP contribution in [0.5, 0.6) is 0 Å². The highest BCUT2D eigenvalue weighted by Gasteiger charge is 2.70. The summed E-state index contributed by atoms with van der Waals surface area (Å²) in [5.74, 6) is -2.81. The monoisotopic (exact) mass is 438 g/mol. The van der Waals surface area contributed by atoms with E-state index in [9.17, 15) is 18.0 Å². The van der Waals surface area contributed by atoms with Crippen LogP contribution in [0, 0.1) is 23.7 Å². The van der Waals surface area contributed by atoms with E-state index in [0.717, 1.165) is 12.8 Å². The Labute approximate surface area is 173 Å². The molecule has 0 aromatic heterocycles. The lowest BCUT2D eigenvalue weighted by atomic mass is 9.58. The van der Waals surface area contributed by atoms with Gasteiger partial charge in [-0.3, -0.25) is 0 Å². The fourth-order valence-corrected chi connectivity index (χ4v) is 5.65. The molecule has 10 heteroatoms. The average Bonchev–Trinajstić information content (AvgIpc) is 2.88. The molecule has 9 atom stereocenters. The first-order valence-electron chi connectivity index (χ1n) is 10.6. The van der Waals surface area contributed by atoms with E-state index in [-0.39, 0.29) is 18.4 Å². The summed E-state index contributed by atoms with van der Waals surface area (Å²) in [5.41, 5.74) is -0.912. The molecule has 0 aromatic rings. The van der Waals surface area contributed by atoms with Crippen LogP contribution < -0.4 is 0 Å². The highest BCUT2D eigenvalue weighted by Crippen LogP contribution is 2.60. The number of carbonyl (C=O) groups is 1. The molecule has 4 aliphatic heterocycles. The molecular formula is C20H29F3O7. The predicted molar refractivity (Wildman–Crippen MR) is 94.4 cm³/mol. The van der Waals surface area contributed by atoms with Crippen LogP contribution >= 0.6 is 0 Å². The summed E-state index contributed by atoms with van der Waals surface area (Å²) in [7, 11) is 0. The fourth-order valence-electron chi connectivity index (χ4n) is 5.65. The minimum absolute atomic E-state index is 0.0810. The normalized spacial score (nSPS) is 46.6. The van der Waals surface area contributed by atoms with Gasteiger partial charge in [-0.25, -0.2) is 14.6 Å². The minimum atomic E-state index is -4.93. The van der Waals surface area contributed by atoms with E-state index >= 15 is 0 Å². The number of ether oxygens (including phenoxy) is 4. The van der Waals surface area contributed by atoms with Gasteiger partial charge in [0.2, 0.25) is 5.79 Å². The zero-order chi connectivity index (χ0) is 21.9. The average molecular weight is 438 g/mol. The third kappa shape index (κ3) is 3.44. The summed E-state index contributed by atoms with van der Waals surface area (Å²) in [6.45, 7) is 6.88. The zero-order valence-electron chi connectivity index (χ0n) is 17.6. The molecule has 0 N–H and O–H groups in total. The first-order chi connectivity index (χ1) is 14.0. The van der Waals surface area contributed by atoms with Crippen LogP contribution in [-0.4, -0.2) is 48.8 Å². The number of alkyl halides is 3. The number of fused-ring (bicyclic) bond motifs is 2. The van der Waals surface area contributed by atoms with Gasteiger partial charge < -0.3 is 18.9 Å². The van der Waals surface area contributed by atoms with Gasteiger partial charge in [-0.05, 0) is 44.9 Å². The van der Waals surface area contributed by atoms with Crippen molar-refractivity contribution in [2.75, 3.05) is 6.61 Å². The maximum Gasteiger partial charge on any atom is 0.425 e. The Morgan fingerprint density at radius 1 is 1.17 bits per heavy atom. The molecule has 5 aliphatic rings. The summed E-state index contributed by atoms with van der Waals surface area (Å²) in [6, 6.07) is 0. The van der Waals surface area contributed by atoms with Crippen molar-refractivity contribution in [3.8, 4) is 0 Å². The summed E-state index contributed by atoms with van der Waals surface area (Å²) >= 11 is 0. The number of esters is 1. The first kappa shape index (κ1) is 22.3. The highest BCUT2D eigenvalue weighted by atomic mass is 19.4. The summed E-state index contributed by atoms with van der Waals surface area (Å²) in [4.78, 5) is 23.6. The van der Waals surface area contributed by atoms with Gasteiger partial charge in [0.1, 0.15) is 0 Å². The van der Waals surface area contributed by atoms with Crippen LogP contribution in [0.25, 0.3) is 0 Å². The van der Waals surface area contributed by atoms with Crippen molar-refractivity contribution >= 4 is 5.97 Å². The second-order valence-corrected chi connectivity index (χ2v) is 9.08. The van der Waals surface area contributed by atoms with E-state index in [2.05, 4.69) is 11.7 Å². The molecule has 7 nitrogen and oxygen atoms in total. The SMILES string of the molecule is CCOC(=O)C(OC1O[C@@H]2O[C@@]3(C)CC[C@H]4[C@H](C)CC[C@@H]([C@H]1C)[C@@]24OO3)C(F)(F)F. The fraction of sp³-hybridized carbons (Fsp3) is 0.950. The molecule has 0 aromatic carbocycles. The second-order valence-electron chi connectivity index (χ2n) is 9.08. The quantitative estimate of drug-likeness (QED) is 0.490. The van der Waals surface area contributed by atoms with E-state index in [0.29, 0.717) is 18.8 Å². The molecule has 5 rings (SSSR count). The van der Waals surface area contributed by atoms with Gasteiger partial charge in [-0.15, -0.1) is 0 Å². The van der Waals surface area contributed by atoms with Gasteiger partial charge in [0.05, 0.1) is 6.61 Å². The Morgan fingerprint density at radius 3 is 2.57 bits per heavy atom. The highest BCUT2D eigenvalue weighted by molar-refractivity contribution is 5.75. The van der Waals surface area contributed by atoms with Crippen LogP contribution in [0.15, 0.2) is 0 Å². The van der Waals surface area contributed by atoms with Crippen molar-refractivity contribution < 1.29 is 46.7 Å². The molecule has 2 unspecified atom stereocenters. The van der Waals surface area contributed by atoms with Gasteiger partial charge in [0, 0.05) is 18.3 Å². The van der Waals surface area contributed by atoms with E-state index in [4.69, 9.17) is 24.0 Å². The van der Waals surface area contributed by atoms with Gasteiger partial charge in [0.15, 0.2) is 18.2 Å². The lowest BCUT2D eigenvalue weighted by Crippen LogP contribution is -2.71. The van der Waals surface area contributed by atoms with Crippen LogP contribution in [0.1, 0.15) is 53.4 Å². The number of hydrogen-bond donors (Lipinski definition) is 0. The number of halogens is 3. The second kappa shape index (κ2) is 7.58. The van der Waals surface area contributed by atoms with Crippen molar-refractivity contribution in [1.82, 2.24) is 0 Å². The van der Waals surface area contributed by atoms with Crippen molar-refractivity contribution in [1.29, 1.82) is 0 Å². The molecule has 0 amide bonds. The first-order valence-corrected chi connectivity index (χ1v) is 10.6. The predicted octanol–water partition coefficient (Wildman–Crippen LogP) is 3.71. The third-order valence-corrected chi connectivity index (χ3v) is 7.17. The molecular weight excluding hydrogens is 409 g/mol. The standard InChI is InChI=1S/C20H29F3O7/c1-5-25-15(24)14(20(21,22)23)26-16-11(3)13-7-6-10(2)12-8-9-18(4)28-17(27-16)19(12,13)30-29-18/h10-14,16-17H,5-9H2,1-4H3/t10-,11-,12+,13+,14?,16?,17-,18-,19-/m1/s1. The van der Waals surface area contributed by atoms with Crippen molar-refractivity contribution in [3.05, 3.63) is 0 Å². The maximum absolute atomic E-state index is 13.5. The van der Waals surface area contributed by atoms with Crippen molar-refractivity contribution in [2.24, 2.45) is 23.7 Å². The molecule has 30 heavy (non-hydrogen) atoms. The summed E-state index contributed by atoms with van der Waals surface area (Å²) in [6.07, 6.45) is -6.91. The van der Waals surface area contributed by atoms with Crippen LogP contribution in [0.2, 0.25) is 0 Å². The molecule has 2 bridgehead atoms.